The van der Waals surface area contributed by atoms with Crippen molar-refractivity contribution in [3.8, 4) is 5.75 Å². The largest absolute Gasteiger partial charge is 0.490 e. The molecule has 2 aliphatic rings. The Kier molecular flexibility index (Phi) is 4.61. The highest BCUT2D eigenvalue weighted by atomic mass is 16.5. The average Bonchev–Trinajstić information content (AvgIpc) is 3.15. The van der Waals surface area contributed by atoms with Crippen molar-refractivity contribution < 1.29 is 19.1 Å². The SMILES string of the molecule is O=C1OC(C(=O)Nc2cccc(OC3CCCC3)c2)Cc2ccccc21. The molecule has 0 bridgehead atoms. The number of ether oxygens (including phenoxy) is 2. The van der Waals surface area contributed by atoms with Crippen LogP contribution in [0.15, 0.2) is 48.5 Å². The van der Waals surface area contributed by atoms with Crippen LogP contribution < -0.4 is 10.1 Å². The molecule has 26 heavy (non-hydrogen) atoms. The fourth-order valence-electron chi connectivity index (χ4n) is 3.55. The first-order valence-electron chi connectivity index (χ1n) is 9.05. The van der Waals surface area contributed by atoms with E-state index in [1.807, 2.05) is 30.3 Å². The summed E-state index contributed by atoms with van der Waals surface area (Å²) in [7, 11) is 0. The van der Waals surface area contributed by atoms with E-state index < -0.39 is 12.1 Å². The van der Waals surface area contributed by atoms with E-state index in [0.29, 0.717) is 17.7 Å². The molecule has 2 aromatic carbocycles. The predicted octanol–water partition coefficient (Wildman–Crippen LogP) is 3.73. The number of fused-ring (bicyclic) bond motifs is 1. The summed E-state index contributed by atoms with van der Waals surface area (Å²) < 4.78 is 11.3. The third-order valence-electron chi connectivity index (χ3n) is 4.89. The smallest absolute Gasteiger partial charge is 0.339 e. The van der Waals surface area contributed by atoms with Crippen LogP contribution >= 0.6 is 0 Å². The van der Waals surface area contributed by atoms with E-state index in [1.165, 1.54) is 12.8 Å². The first kappa shape index (κ1) is 16.6. The summed E-state index contributed by atoms with van der Waals surface area (Å²) in [5.74, 6) is -0.0307. The summed E-state index contributed by atoms with van der Waals surface area (Å²) in [4.78, 5) is 24.6. The summed E-state index contributed by atoms with van der Waals surface area (Å²) in [6.07, 6.45) is 4.38. The molecule has 1 amide bonds. The van der Waals surface area contributed by atoms with Crippen molar-refractivity contribution in [1.29, 1.82) is 0 Å². The molecular weight excluding hydrogens is 330 g/mol. The second kappa shape index (κ2) is 7.20. The molecule has 134 valence electrons. The number of hydrogen-bond acceptors (Lipinski definition) is 4. The molecule has 5 nitrogen and oxygen atoms in total. The van der Waals surface area contributed by atoms with E-state index in [9.17, 15) is 9.59 Å². The molecule has 1 atom stereocenters. The standard InChI is InChI=1S/C21H21NO4/c23-20(19-12-14-6-1-4-11-18(14)21(24)26-19)22-15-7-5-10-17(13-15)25-16-8-2-3-9-16/h1,4-7,10-11,13,16,19H,2-3,8-9,12H2,(H,22,23). The van der Waals surface area contributed by atoms with E-state index in [0.717, 1.165) is 24.2 Å². The van der Waals surface area contributed by atoms with Gasteiger partial charge in [-0.25, -0.2) is 4.79 Å². The zero-order valence-corrected chi connectivity index (χ0v) is 14.4. The minimum Gasteiger partial charge on any atom is -0.490 e. The van der Waals surface area contributed by atoms with Crippen molar-refractivity contribution in [1.82, 2.24) is 0 Å². The molecule has 1 saturated carbocycles. The third kappa shape index (κ3) is 3.57. The maximum Gasteiger partial charge on any atom is 0.339 e. The molecule has 0 spiro atoms. The summed E-state index contributed by atoms with van der Waals surface area (Å²) in [6.45, 7) is 0. The number of hydrogen-bond donors (Lipinski definition) is 1. The van der Waals surface area contributed by atoms with Gasteiger partial charge in [-0.1, -0.05) is 24.3 Å². The van der Waals surface area contributed by atoms with E-state index >= 15 is 0 Å². The molecule has 1 N–H and O–H groups in total. The van der Waals surface area contributed by atoms with Crippen LogP contribution in [0.3, 0.4) is 0 Å². The highest BCUT2D eigenvalue weighted by molar-refractivity contribution is 6.00. The van der Waals surface area contributed by atoms with Gasteiger partial charge in [0.15, 0.2) is 6.10 Å². The number of anilines is 1. The van der Waals surface area contributed by atoms with Gasteiger partial charge in [0.05, 0.1) is 11.7 Å². The van der Waals surface area contributed by atoms with Gasteiger partial charge in [-0.2, -0.15) is 0 Å². The van der Waals surface area contributed by atoms with Gasteiger partial charge in [0, 0.05) is 18.2 Å². The molecule has 0 radical (unpaired) electrons. The highest BCUT2D eigenvalue weighted by Crippen LogP contribution is 2.26. The second-order valence-corrected chi connectivity index (χ2v) is 6.80. The molecule has 2 aromatic rings. The molecule has 1 fully saturated rings. The molecule has 0 aromatic heterocycles. The molecule has 4 rings (SSSR count). The normalized spacial score (nSPS) is 19.5. The van der Waals surface area contributed by atoms with Gasteiger partial charge in [0.1, 0.15) is 5.75 Å². The van der Waals surface area contributed by atoms with Crippen LogP contribution in [0.1, 0.15) is 41.6 Å². The zero-order valence-electron chi connectivity index (χ0n) is 14.4. The first-order valence-corrected chi connectivity index (χ1v) is 9.05. The molecule has 5 heteroatoms. The molecule has 1 unspecified atom stereocenters. The lowest BCUT2D eigenvalue weighted by Gasteiger charge is -2.24. The Labute approximate surface area is 152 Å². The van der Waals surface area contributed by atoms with Gasteiger partial charge in [0.25, 0.3) is 5.91 Å². The number of amides is 1. The summed E-state index contributed by atoms with van der Waals surface area (Å²) >= 11 is 0. The van der Waals surface area contributed by atoms with Crippen LogP contribution in [-0.2, 0) is 16.0 Å². The van der Waals surface area contributed by atoms with Crippen LogP contribution in [0.2, 0.25) is 0 Å². The van der Waals surface area contributed by atoms with Gasteiger partial charge < -0.3 is 14.8 Å². The van der Waals surface area contributed by atoms with Crippen LogP contribution in [0.25, 0.3) is 0 Å². The van der Waals surface area contributed by atoms with E-state index in [2.05, 4.69) is 5.32 Å². The Morgan fingerprint density at radius 1 is 1.08 bits per heavy atom. The van der Waals surface area contributed by atoms with Crippen molar-refractivity contribution in [2.45, 2.75) is 44.3 Å². The van der Waals surface area contributed by atoms with Crippen LogP contribution in [0, 0.1) is 0 Å². The number of benzene rings is 2. The van der Waals surface area contributed by atoms with E-state index in [1.54, 1.807) is 18.2 Å². The maximum absolute atomic E-state index is 12.5. The number of esters is 1. The molecule has 1 aliphatic heterocycles. The molecule has 1 heterocycles. The summed E-state index contributed by atoms with van der Waals surface area (Å²) in [5.41, 5.74) is 2.01. The Morgan fingerprint density at radius 3 is 2.73 bits per heavy atom. The topological polar surface area (TPSA) is 64.6 Å². The second-order valence-electron chi connectivity index (χ2n) is 6.80. The Morgan fingerprint density at radius 2 is 1.88 bits per heavy atom. The highest BCUT2D eigenvalue weighted by Gasteiger charge is 2.31. The number of carbonyl (C=O) groups is 2. The molecule has 0 saturated heterocycles. The fraction of sp³-hybridized carbons (Fsp3) is 0.333. The molecular formula is C21H21NO4. The monoisotopic (exact) mass is 351 g/mol. The van der Waals surface area contributed by atoms with Crippen molar-refractivity contribution in [3.05, 3.63) is 59.7 Å². The van der Waals surface area contributed by atoms with Crippen LogP contribution in [0.4, 0.5) is 5.69 Å². The lowest BCUT2D eigenvalue weighted by molar-refractivity contribution is -0.125. The summed E-state index contributed by atoms with van der Waals surface area (Å²) in [6, 6.07) is 14.6. The minimum atomic E-state index is -0.822. The number of carbonyl (C=O) groups excluding carboxylic acids is 2. The third-order valence-corrected chi connectivity index (χ3v) is 4.89. The van der Waals surface area contributed by atoms with E-state index in [-0.39, 0.29) is 12.0 Å². The van der Waals surface area contributed by atoms with Gasteiger partial charge in [-0.15, -0.1) is 0 Å². The van der Waals surface area contributed by atoms with Gasteiger partial charge in [0.2, 0.25) is 0 Å². The number of nitrogens with one attached hydrogen (secondary N) is 1. The summed E-state index contributed by atoms with van der Waals surface area (Å²) in [5, 5.41) is 2.83. The maximum atomic E-state index is 12.5. The van der Waals surface area contributed by atoms with Crippen molar-refractivity contribution in [2.75, 3.05) is 5.32 Å². The van der Waals surface area contributed by atoms with Gasteiger partial charge >= 0.3 is 5.97 Å². The first-order chi connectivity index (χ1) is 12.7. The molecule has 1 aliphatic carbocycles. The fourth-order valence-corrected chi connectivity index (χ4v) is 3.55. The average molecular weight is 351 g/mol. The minimum absolute atomic E-state index is 0.261. The number of cyclic esters (lactones) is 1. The zero-order chi connectivity index (χ0) is 17.9. The van der Waals surface area contributed by atoms with Gasteiger partial charge in [-0.05, 0) is 49.4 Å². The van der Waals surface area contributed by atoms with Crippen molar-refractivity contribution in [3.63, 3.8) is 0 Å². The Hall–Kier alpha value is -2.82. The lowest BCUT2D eigenvalue weighted by Crippen LogP contribution is -2.37. The Bertz CT molecular complexity index is 826. The van der Waals surface area contributed by atoms with Gasteiger partial charge in [-0.3, -0.25) is 4.79 Å². The van der Waals surface area contributed by atoms with Crippen LogP contribution in [-0.4, -0.2) is 24.1 Å². The van der Waals surface area contributed by atoms with Crippen LogP contribution in [0.5, 0.6) is 5.75 Å². The predicted molar refractivity (Wildman–Crippen MR) is 97.3 cm³/mol. The van der Waals surface area contributed by atoms with E-state index in [4.69, 9.17) is 9.47 Å². The Balaban J connectivity index is 1.43. The van der Waals surface area contributed by atoms with Crippen molar-refractivity contribution in [2.24, 2.45) is 0 Å². The number of rotatable bonds is 4. The lowest BCUT2D eigenvalue weighted by atomic mass is 9.98. The quantitative estimate of drug-likeness (QED) is 0.853. The van der Waals surface area contributed by atoms with Crippen molar-refractivity contribution >= 4 is 17.6 Å².